The molecule has 3 nitrogen and oxygen atoms in total. The molecule has 0 fully saturated rings. The molecule has 0 radical (unpaired) electrons. The van der Waals surface area contributed by atoms with Gasteiger partial charge in [0, 0.05) is 16.8 Å². The first-order valence-electron chi connectivity index (χ1n) is 7.18. The number of carbonyl (C=O) groups is 1. The lowest BCUT2D eigenvalue weighted by Crippen LogP contribution is -2.34. The standard InChI is InChI=1S/C16H25ClN2O/c1-11(2)5-7-13(4)18-10-16(20)19-15-9-14(17)8-6-12(15)3/h6,8-9,11,13,18H,5,7,10H2,1-4H3,(H,19,20). The first-order valence-corrected chi connectivity index (χ1v) is 7.55. The van der Waals surface area contributed by atoms with Gasteiger partial charge in [-0.3, -0.25) is 4.79 Å². The SMILES string of the molecule is Cc1ccc(Cl)cc1NC(=O)CNC(C)CCC(C)C. The van der Waals surface area contributed by atoms with Crippen molar-refractivity contribution in [1.29, 1.82) is 0 Å². The van der Waals surface area contributed by atoms with Crippen molar-refractivity contribution in [3.8, 4) is 0 Å². The molecule has 0 aromatic heterocycles. The fourth-order valence-corrected chi connectivity index (χ4v) is 2.05. The topological polar surface area (TPSA) is 41.1 Å². The van der Waals surface area contributed by atoms with Crippen LogP contribution in [-0.2, 0) is 4.79 Å². The maximum atomic E-state index is 11.9. The predicted octanol–water partition coefficient (Wildman–Crippen LogP) is 4.00. The average molecular weight is 297 g/mol. The third-order valence-corrected chi connectivity index (χ3v) is 3.50. The Morgan fingerprint density at radius 3 is 2.60 bits per heavy atom. The van der Waals surface area contributed by atoms with E-state index < -0.39 is 0 Å². The normalized spacial score (nSPS) is 12.5. The number of hydrogen-bond acceptors (Lipinski definition) is 2. The highest BCUT2D eigenvalue weighted by atomic mass is 35.5. The van der Waals surface area contributed by atoms with Crippen LogP contribution in [0.1, 0.15) is 39.2 Å². The Bertz CT molecular complexity index is 446. The van der Waals surface area contributed by atoms with Crippen molar-refractivity contribution in [2.24, 2.45) is 5.92 Å². The van der Waals surface area contributed by atoms with E-state index in [2.05, 4.69) is 31.4 Å². The summed E-state index contributed by atoms with van der Waals surface area (Å²) in [6.45, 7) is 8.80. The summed E-state index contributed by atoms with van der Waals surface area (Å²) in [6.07, 6.45) is 2.25. The molecule has 0 saturated carbocycles. The van der Waals surface area contributed by atoms with E-state index in [0.29, 0.717) is 23.5 Å². The Morgan fingerprint density at radius 2 is 1.95 bits per heavy atom. The lowest BCUT2D eigenvalue weighted by molar-refractivity contribution is -0.115. The fourth-order valence-electron chi connectivity index (χ4n) is 1.88. The van der Waals surface area contributed by atoms with Crippen LogP contribution in [0, 0.1) is 12.8 Å². The lowest BCUT2D eigenvalue weighted by Gasteiger charge is -2.15. The van der Waals surface area contributed by atoms with Gasteiger partial charge in [0.15, 0.2) is 0 Å². The fraction of sp³-hybridized carbons (Fsp3) is 0.562. The summed E-state index contributed by atoms with van der Waals surface area (Å²) in [5.41, 5.74) is 1.79. The summed E-state index contributed by atoms with van der Waals surface area (Å²) in [6, 6.07) is 5.84. The van der Waals surface area contributed by atoms with Gasteiger partial charge in [-0.05, 0) is 50.3 Å². The number of benzene rings is 1. The molecule has 1 atom stereocenters. The monoisotopic (exact) mass is 296 g/mol. The van der Waals surface area contributed by atoms with E-state index in [1.807, 2.05) is 19.1 Å². The zero-order chi connectivity index (χ0) is 15.1. The molecule has 1 amide bonds. The lowest BCUT2D eigenvalue weighted by atomic mass is 10.0. The molecule has 0 aliphatic rings. The molecular formula is C16H25ClN2O. The number of amides is 1. The van der Waals surface area contributed by atoms with Crippen LogP contribution in [0.3, 0.4) is 0 Å². The molecule has 0 aliphatic heterocycles. The highest BCUT2D eigenvalue weighted by Crippen LogP contribution is 2.19. The summed E-state index contributed by atoms with van der Waals surface area (Å²) in [5.74, 6) is 0.661. The van der Waals surface area contributed by atoms with Gasteiger partial charge in [-0.15, -0.1) is 0 Å². The molecule has 1 aromatic rings. The number of anilines is 1. The van der Waals surface area contributed by atoms with Gasteiger partial charge in [-0.1, -0.05) is 31.5 Å². The summed E-state index contributed by atoms with van der Waals surface area (Å²) in [7, 11) is 0. The van der Waals surface area contributed by atoms with Gasteiger partial charge in [-0.25, -0.2) is 0 Å². The second-order valence-electron chi connectivity index (χ2n) is 5.76. The van der Waals surface area contributed by atoms with E-state index in [4.69, 9.17) is 11.6 Å². The van der Waals surface area contributed by atoms with Crippen molar-refractivity contribution in [1.82, 2.24) is 5.32 Å². The van der Waals surface area contributed by atoms with Gasteiger partial charge in [0.1, 0.15) is 0 Å². The first-order chi connectivity index (χ1) is 9.38. The molecule has 0 bridgehead atoms. The Labute approximate surface area is 127 Å². The quantitative estimate of drug-likeness (QED) is 0.798. The van der Waals surface area contributed by atoms with Crippen molar-refractivity contribution in [3.63, 3.8) is 0 Å². The van der Waals surface area contributed by atoms with Crippen molar-refractivity contribution in [2.75, 3.05) is 11.9 Å². The van der Waals surface area contributed by atoms with E-state index in [-0.39, 0.29) is 5.91 Å². The second kappa shape index (κ2) is 8.28. The molecular weight excluding hydrogens is 272 g/mol. The van der Waals surface area contributed by atoms with E-state index in [0.717, 1.165) is 17.7 Å². The number of hydrogen-bond donors (Lipinski definition) is 2. The molecule has 1 aromatic carbocycles. The minimum atomic E-state index is -0.0354. The van der Waals surface area contributed by atoms with E-state index in [9.17, 15) is 4.79 Å². The van der Waals surface area contributed by atoms with Crippen LogP contribution >= 0.6 is 11.6 Å². The van der Waals surface area contributed by atoms with Crippen molar-refractivity contribution in [3.05, 3.63) is 28.8 Å². The van der Waals surface area contributed by atoms with E-state index in [1.165, 1.54) is 6.42 Å². The molecule has 112 valence electrons. The maximum Gasteiger partial charge on any atom is 0.238 e. The smallest absolute Gasteiger partial charge is 0.238 e. The molecule has 0 saturated heterocycles. The van der Waals surface area contributed by atoms with Crippen LogP contribution in [0.4, 0.5) is 5.69 Å². The van der Waals surface area contributed by atoms with Crippen molar-refractivity contribution >= 4 is 23.2 Å². The van der Waals surface area contributed by atoms with Gasteiger partial charge in [-0.2, -0.15) is 0 Å². The first kappa shape index (κ1) is 17.0. The summed E-state index contributed by atoms with van der Waals surface area (Å²) < 4.78 is 0. The Kier molecular flexibility index (Phi) is 7.03. The molecule has 4 heteroatoms. The Morgan fingerprint density at radius 1 is 1.25 bits per heavy atom. The van der Waals surface area contributed by atoms with Gasteiger partial charge in [0.2, 0.25) is 5.91 Å². The molecule has 20 heavy (non-hydrogen) atoms. The Balaban J connectivity index is 2.38. The van der Waals surface area contributed by atoms with Crippen LogP contribution in [0.2, 0.25) is 5.02 Å². The summed E-state index contributed by atoms with van der Waals surface area (Å²) in [5, 5.41) is 6.76. The van der Waals surface area contributed by atoms with Gasteiger partial charge in [0.05, 0.1) is 6.54 Å². The van der Waals surface area contributed by atoms with Crippen LogP contribution in [-0.4, -0.2) is 18.5 Å². The van der Waals surface area contributed by atoms with Crippen LogP contribution in [0.5, 0.6) is 0 Å². The van der Waals surface area contributed by atoms with Crippen molar-refractivity contribution in [2.45, 2.75) is 46.6 Å². The largest absolute Gasteiger partial charge is 0.325 e. The van der Waals surface area contributed by atoms with Gasteiger partial charge in [0.25, 0.3) is 0 Å². The van der Waals surface area contributed by atoms with Gasteiger partial charge < -0.3 is 10.6 Å². The maximum absolute atomic E-state index is 11.9. The van der Waals surface area contributed by atoms with Crippen molar-refractivity contribution < 1.29 is 4.79 Å². The average Bonchev–Trinajstić information content (AvgIpc) is 2.38. The summed E-state index contributed by atoms with van der Waals surface area (Å²) >= 11 is 5.93. The number of carbonyl (C=O) groups excluding carboxylic acids is 1. The molecule has 1 unspecified atom stereocenters. The second-order valence-corrected chi connectivity index (χ2v) is 6.20. The number of nitrogens with one attached hydrogen (secondary N) is 2. The van der Waals surface area contributed by atoms with E-state index in [1.54, 1.807) is 6.07 Å². The van der Waals surface area contributed by atoms with Crippen LogP contribution in [0.25, 0.3) is 0 Å². The molecule has 1 rings (SSSR count). The zero-order valence-corrected chi connectivity index (χ0v) is 13.6. The molecule has 0 spiro atoms. The highest BCUT2D eigenvalue weighted by Gasteiger charge is 2.08. The number of rotatable bonds is 7. The predicted molar refractivity (Wildman–Crippen MR) is 86.4 cm³/mol. The Hall–Kier alpha value is -1.06. The van der Waals surface area contributed by atoms with Crippen LogP contribution in [0.15, 0.2) is 18.2 Å². The molecule has 0 aliphatic carbocycles. The minimum absolute atomic E-state index is 0.0354. The minimum Gasteiger partial charge on any atom is -0.325 e. The van der Waals surface area contributed by atoms with Crippen LogP contribution < -0.4 is 10.6 Å². The number of aryl methyl sites for hydroxylation is 1. The number of halogens is 1. The van der Waals surface area contributed by atoms with Gasteiger partial charge >= 0.3 is 0 Å². The van der Waals surface area contributed by atoms with E-state index >= 15 is 0 Å². The third kappa shape index (κ3) is 6.40. The molecule has 2 N–H and O–H groups in total. The zero-order valence-electron chi connectivity index (χ0n) is 12.8. The third-order valence-electron chi connectivity index (χ3n) is 3.26. The highest BCUT2D eigenvalue weighted by molar-refractivity contribution is 6.31. The molecule has 0 heterocycles. The summed E-state index contributed by atoms with van der Waals surface area (Å²) in [4.78, 5) is 11.9.